The van der Waals surface area contributed by atoms with Gasteiger partial charge in [0.15, 0.2) is 8.32 Å². The van der Waals surface area contributed by atoms with E-state index < -0.39 is 8.32 Å². The lowest BCUT2D eigenvalue weighted by molar-refractivity contribution is 0.231. The van der Waals surface area contributed by atoms with E-state index in [4.69, 9.17) is 4.43 Å². The molecule has 0 aliphatic carbocycles. The van der Waals surface area contributed by atoms with Gasteiger partial charge in [0.05, 0.1) is 6.04 Å². The molecule has 2 nitrogen and oxygen atoms in total. The van der Waals surface area contributed by atoms with E-state index in [1.54, 1.807) is 0 Å². The predicted octanol–water partition coefficient (Wildman–Crippen LogP) is 8.22. The lowest BCUT2D eigenvalue weighted by Crippen LogP contribution is -2.49. The Labute approximate surface area is 185 Å². The third-order valence-electron chi connectivity index (χ3n) is 6.36. The number of nitrogens with one attached hydrogen (secondary N) is 1. The van der Waals surface area contributed by atoms with E-state index in [1.165, 1.54) is 5.56 Å². The number of para-hydroxylation sites is 1. The maximum atomic E-state index is 7.02. The molecule has 164 valence electrons. The van der Waals surface area contributed by atoms with Crippen molar-refractivity contribution in [2.24, 2.45) is 5.92 Å². The highest BCUT2D eigenvalue weighted by Gasteiger charge is 2.45. The number of hydrogen-bond donors (Lipinski definition) is 1. The predicted molar refractivity (Wildman–Crippen MR) is 135 cm³/mol. The highest BCUT2D eigenvalue weighted by atomic mass is 28.4. The van der Waals surface area contributed by atoms with Crippen molar-refractivity contribution in [2.75, 3.05) is 11.9 Å². The van der Waals surface area contributed by atoms with Crippen molar-refractivity contribution in [2.45, 2.75) is 71.1 Å². The average Bonchev–Trinajstić information content (AvgIpc) is 2.72. The molecule has 2 aromatic carbocycles. The van der Waals surface area contributed by atoms with Crippen molar-refractivity contribution in [1.29, 1.82) is 0 Å². The summed E-state index contributed by atoms with van der Waals surface area (Å²) in [5.74, 6) is 0.251. The van der Waals surface area contributed by atoms with Gasteiger partial charge in [0.25, 0.3) is 0 Å². The van der Waals surface area contributed by atoms with Crippen molar-refractivity contribution in [3.05, 3.63) is 78.4 Å². The molecule has 0 saturated heterocycles. The normalized spacial score (nSPS) is 14.6. The van der Waals surface area contributed by atoms with Gasteiger partial charge in [-0.25, -0.2) is 0 Å². The van der Waals surface area contributed by atoms with Crippen LogP contribution in [0.4, 0.5) is 5.69 Å². The second kappa shape index (κ2) is 11.5. The summed E-state index contributed by atoms with van der Waals surface area (Å²) >= 11 is 0. The minimum Gasteiger partial charge on any atom is -0.415 e. The third kappa shape index (κ3) is 5.86. The first-order valence-corrected chi connectivity index (χ1v) is 13.6. The molecule has 2 aromatic rings. The van der Waals surface area contributed by atoms with Crippen molar-refractivity contribution < 1.29 is 4.43 Å². The van der Waals surface area contributed by atoms with Gasteiger partial charge in [0, 0.05) is 18.2 Å². The molecule has 0 spiro atoms. The molecule has 0 bridgehead atoms. The van der Waals surface area contributed by atoms with E-state index in [1.807, 2.05) is 0 Å². The summed E-state index contributed by atoms with van der Waals surface area (Å²) in [7, 11) is -1.92. The largest absolute Gasteiger partial charge is 0.415 e. The van der Waals surface area contributed by atoms with Crippen LogP contribution in [0.5, 0.6) is 0 Å². The van der Waals surface area contributed by atoms with Crippen LogP contribution >= 0.6 is 0 Å². The average molecular weight is 424 g/mol. The summed E-state index contributed by atoms with van der Waals surface area (Å²) in [6.07, 6.45) is 4.48. The van der Waals surface area contributed by atoms with Gasteiger partial charge in [-0.05, 0) is 41.2 Å². The molecule has 0 amide bonds. The monoisotopic (exact) mass is 423 g/mol. The van der Waals surface area contributed by atoms with Crippen molar-refractivity contribution >= 4 is 14.0 Å². The standard InChI is InChI=1S/C27H41NOSi/c1-8-15-25(20-29-30(21(2)3,22(4)5)23(6)7)27(24-16-11-9-12-17-24)28-26-18-13-10-14-19-26/h8-19,21-23,25,27-28H,20H2,1-7H3/b15-8+/t25-,27-/m1/s1. The fourth-order valence-electron chi connectivity index (χ4n) is 5.06. The summed E-state index contributed by atoms with van der Waals surface area (Å²) in [6, 6.07) is 21.4. The van der Waals surface area contributed by atoms with E-state index in [9.17, 15) is 0 Å². The number of benzene rings is 2. The van der Waals surface area contributed by atoms with Crippen LogP contribution in [-0.4, -0.2) is 14.9 Å². The zero-order valence-corrected chi connectivity index (χ0v) is 20.9. The van der Waals surface area contributed by atoms with Gasteiger partial charge < -0.3 is 9.74 Å². The highest BCUT2D eigenvalue weighted by Crippen LogP contribution is 2.43. The first-order chi connectivity index (χ1) is 14.3. The Hall–Kier alpha value is -1.84. The Morgan fingerprint density at radius 3 is 1.77 bits per heavy atom. The minimum atomic E-state index is -1.92. The molecule has 0 radical (unpaired) electrons. The van der Waals surface area contributed by atoms with E-state index in [0.29, 0.717) is 16.6 Å². The Kier molecular flexibility index (Phi) is 9.38. The van der Waals surface area contributed by atoms with E-state index in [2.05, 4.69) is 127 Å². The summed E-state index contributed by atoms with van der Waals surface area (Å²) in [6.45, 7) is 17.0. The molecule has 0 saturated carbocycles. The SMILES string of the molecule is C/C=C/[C@H](CO[Si](C(C)C)(C(C)C)C(C)C)[C@H](Nc1ccccc1)c1ccccc1. The second-order valence-corrected chi connectivity index (χ2v) is 14.7. The maximum absolute atomic E-state index is 7.02. The minimum absolute atomic E-state index is 0.156. The quantitative estimate of drug-likeness (QED) is 0.290. The summed E-state index contributed by atoms with van der Waals surface area (Å²) in [5, 5.41) is 3.79. The van der Waals surface area contributed by atoms with Crippen molar-refractivity contribution in [3.63, 3.8) is 0 Å². The second-order valence-electron chi connectivity index (χ2n) is 9.22. The molecule has 0 unspecified atom stereocenters. The van der Waals surface area contributed by atoms with Crippen LogP contribution in [-0.2, 0) is 4.43 Å². The van der Waals surface area contributed by atoms with Gasteiger partial charge in [0.2, 0.25) is 0 Å². The maximum Gasteiger partial charge on any atom is 0.200 e. The van der Waals surface area contributed by atoms with E-state index in [-0.39, 0.29) is 12.0 Å². The van der Waals surface area contributed by atoms with Gasteiger partial charge >= 0.3 is 0 Å². The fraction of sp³-hybridized carbons (Fsp3) is 0.481. The molecule has 0 aromatic heterocycles. The van der Waals surface area contributed by atoms with Crippen LogP contribution in [0.15, 0.2) is 72.8 Å². The van der Waals surface area contributed by atoms with E-state index >= 15 is 0 Å². The number of rotatable bonds is 11. The Morgan fingerprint density at radius 1 is 0.800 bits per heavy atom. The van der Waals surface area contributed by atoms with Crippen LogP contribution in [0.3, 0.4) is 0 Å². The molecule has 0 aliphatic heterocycles. The van der Waals surface area contributed by atoms with Crippen LogP contribution in [0.2, 0.25) is 16.6 Å². The lowest BCUT2D eigenvalue weighted by Gasteiger charge is -2.43. The van der Waals surface area contributed by atoms with Crippen LogP contribution in [0, 0.1) is 5.92 Å². The Balaban J connectivity index is 2.37. The first-order valence-electron chi connectivity index (χ1n) is 11.5. The molecule has 0 fully saturated rings. The molecule has 30 heavy (non-hydrogen) atoms. The van der Waals surface area contributed by atoms with Gasteiger partial charge in [-0.15, -0.1) is 0 Å². The molecule has 2 rings (SSSR count). The molecule has 1 N–H and O–H groups in total. The smallest absolute Gasteiger partial charge is 0.200 e. The third-order valence-corrected chi connectivity index (χ3v) is 12.4. The molecule has 2 atom stereocenters. The summed E-state index contributed by atoms with van der Waals surface area (Å²) in [4.78, 5) is 0. The van der Waals surface area contributed by atoms with Gasteiger partial charge in [-0.3, -0.25) is 0 Å². The lowest BCUT2D eigenvalue weighted by atomic mass is 9.92. The molecule has 0 aliphatic rings. The topological polar surface area (TPSA) is 21.3 Å². The molecule has 0 heterocycles. The fourth-order valence-corrected chi connectivity index (χ4v) is 10.5. The number of hydrogen-bond acceptors (Lipinski definition) is 2. The Morgan fingerprint density at radius 2 is 1.30 bits per heavy atom. The molecular weight excluding hydrogens is 382 g/mol. The first kappa shape index (κ1) is 24.4. The van der Waals surface area contributed by atoms with Crippen LogP contribution < -0.4 is 5.32 Å². The Bertz CT molecular complexity index is 733. The van der Waals surface area contributed by atoms with Crippen LogP contribution in [0.1, 0.15) is 60.1 Å². The highest BCUT2D eigenvalue weighted by molar-refractivity contribution is 6.77. The van der Waals surface area contributed by atoms with Crippen molar-refractivity contribution in [3.8, 4) is 0 Å². The zero-order valence-electron chi connectivity index (χ0n) is 19.9. The zero-order chi connectivity index (χ0) is 22.1. The molecule has 3 heteroatoms. The summed E-state index contributed by atoms with van der Waals surface area (Å²) < 4.78 is 7.02. The van der Waals surface area contributed by atoms with Gasteiger partial charge in [-0.2, -0.15) is 0 Å². The van der Waals surface area contributed by atoms with Crippen LogP contribution in [0.25, 0.3) is 0 Å². The number of allylic oxidation sites excluding steroid dienone is 1. The molecular formula is C27H41NOSi. The van der Waals surface area contributed by atoms with E-state index in [0.717, 1.165) is 12.3 Å². The van der Waals surface area contributed by atoms with Gasteiger partial charge in [-0.1, -0.05) is 102 Å². The number of anilines is 1. The van der Waals surface area contributed by atoms with Crippen molar-refractivity contribution in [1.82, 2.24) is 0 Å². The summed E-state index contributed by atoms with van der Waals surface area (Å²) in [5.41, 5.74) is 4.18. The van der Waals surface area contributed by atoms with Gasteiger partial charge in [0.1, 0.15) is 0 Å².